The number of amides is 2. The minimum Gasteiger partial charge on any atom is -0.338 e. The molecule has 2 amide bonds. The van der Waals surface area contributed by atoms with E-state index in [0.29, 0.717) is 0 Å². The summed E-state index contributed by atoms with van der Waals surface area (Å²) in [7, 11) is 0. The largest absolute Gasteiger partial charge is 0.338 e. The quantitative estimate of drug-likeness (QED) is 0.556. The molecule has 0 saturated carbocycles. The van der Waals surface area contributed by atoms with Crippen molar-refractivity contribution in [1.29, 1.82) is 0 Å². The van der Waals surface area contributed by atoms with E-state index in [2.05, 4.69) is 15.3 Å². The zero-order chi connectivity index (χ0) is 16.8. The Morgan fingerprint density at radius 3 is 2.60 bits per heavy atom. The second kappa shape index (κ2) is 5.44. The van der Waals surface area contributed by atoms with E-state index in [-0.39, 0.29) is 6.03 Å². The number of urea groups is 1. The molecule has 124 valence electrons. The SMILES string of the molecule is O=C(Nc1ccc2[nH]c3nc4ccccc4nc3c2c1)N1CCCC1. The number of carbonyl (C=O) groups excluding carboxylic acids is 1. The van der Waals surface area contributed by atoms with Gasteiger partial charge in [0.25, 0.3) is 0 Å². The van der Waals surface area contributed by atoms with Crippen LogP contribution in [-0.2, 0) is 0 Å². The Labute approximate surface area is 143 Å². The number of aromatic amines is 1. The van der Waals surface area contributed by atoms with Crippen LogP contribution >= 0.6 is 0 Å². The Morgan fingerprint density at radius 2 is 1.80 bits per heavy atom. The minimum atomic E-state index is -0.0341. The van der Waals surface area contributed by atoms with E-state index in [4.69, 9.17) is 4.98 Å². The zero-order valence-electron chi connectivity index (χ0n) is 13.6. The van der Waals surface area contributed by atoms with Gasteiger partial charge in [-0.1, -0.05) is 12.1 Å². The van der Waals surface area contributed by atoms with E-state index in [1.807, 2.05) is 47.4 Å². The van der Waals surface area contributed by atoms with Gasteiger partial charge in [0, 0.05) is 29.7 Å². The van der Waals surface area contributed by atoms with Gasteiger partial charge in [-0.3, -0.25) is 0 Å². The lowest BCUT2D eigenvalue weighted by Crippen LogP contribution is -2.32. The fraction of sp³-hybridized carbons (Fsp3) is 0.211. The molecule has 2 aromatic heterocycles. The molecule has 0 radical (unpaired) electrons. The summed E-state index contributed by atoms with van der Waals surface area (Å²) in [6.45, 7) is 1.66. The van der Waals surface area contributed by atoms with Crippen molar-refractivity contribution in [3.8, 4) is 0 Å². The van der Waals surface area contributed by atoms with E-state index >= 15 is 0 Å². The third-order valence-electron chi connectivity index (χ3n) is 4.74. The molecular formula is C19H17N5O. The van der Waals surface area contributed by atoms with E-state index in [0.717, 1.165) is 64.7 Å². The third kappa shape index (κ3) is 2.38. The molecule has 6 heteroatoms. The fourth-order valence-corrected chi connectivity index (χ4v) is 3.45. The third-order valence-corrected chi connectivity index (χ3v) is 4.74. The smallest absolute Gasteiger partial charge is 0.321 e. The summed E-state index contributed by atoms with van der Waals surface area (Å²) in [6.07, 6.45) is 2.16. The van der Waals surface area contributed by atoms with Gasteiger partial charge in [-0.25, -0.2) is 14.8 Å². The first-order chi connectivity index (χ1) is 12.3. The van der Waals surface area contributed by atoms with Gasteiger partial charge in [0.1, 0.15) is 5.52 Å². The van der Waals surface area contributed by atoms with Crippen LogP contribution in [0.3, 0.4) is 0 Å². The molecule has 0 bridgehead atoms. The molecule has 2 aromatic carbocycles. The Balaban J connectivity index is 1.59. The first kappa shape index (κ1) is 14.2. The van der Waals surface area contributed by atoms with Gasteiger partial charge in [-0.2, -0.15) is 0 Å². The van der Waals surface area contributed by atoms with E-state index in [1.54, 1.807) is 0 Å². The van der Waals surface area contributed by atoms with Crippen LogP contribution < -0.4 is 5.32 Å². The molecule has 0 atom stereocenters. The van der Waals surface area contributed by atoms with Gasteiger partial charge in [-0.15, -0.1) is 0 Å². The van der Waals surface area contributed by atoms with Crippen molar-refractivity contribution < 1.29 is 4.79 Å². The van der Waals surface area contributed by atoms with Crippen molar-refractivity contribution in [3.63, 3.8) is 0 Å². The number of H-pyrrole nitrogens is 1. The average Bonchev–Trinajstić information content (AvgIpc) is 3.27. The van der Waals surface area contributed by atoms with E-state index in [9.17, 15) is 4.79 Å². The number of benzene rings is 2. The second-order valence-electron chi connectivity index (χ2n) is 6.42. The molecule has 0 aliphatic carbocycles. The molecule has 5 rings (SSSR count). The lowest BCUT2D eigenvalue weighted by molar-refractivity contribution is 0.222. The summed E-state index contributed by atoms with van der Waals surface area (Å²) in [5.41, 5.74) is 5.05. The van der Waals surface area contributed by atoms with Crippen LogP contribution in [0.15, 0.2) is 42.5 Å². The first-order valence-corrected chi connectivity index (χ1v) is 8.52. The first-order valence-electron chi connectivity index (χ1n) is 8.52. The molecule has 1 fully saturated rings. The lowest BCUT2D eigenvalue weighted by Gasteiger charge is -2.16. The summed E-state index contributed by atoms with van der Waals surface area (Å²) < 4.78 is 0. The standard InChI is InChI=1S/C19H17N5O/c25-19(24-9-3-4-10-24)20-12-7-8-14-13(11-12)17-18(22-14)23-16-6-2-1-5-15(16)21-17/h1-2,5-8,11H,3-4,9-10H2,(H,20,25)(H,22,23). The Bertz CT molecular complexity index is 1110. The van der Waals surface area contributed by atoms with Crippen LogP contribution in [0.4, 0.5) is 10.5 Å². The molecule has 25 heavy (non-hydrogen) atoms. The number of rotatable bonds is 1. The van der Waals surface area contributed by atoms with Crippen LogP contribution in [-0.4, -0.2) is 39.0 Å². The predicted octanol–water partition coefficient (Wildman–Crippen LogP) is 3.89. The number of hydrogen-bond acceptors (Lipinski definition) is 3. The van der Waals surface area contributed by atoms with Crippen LogP contribution in [0, 0.1) is 0 Å². The molecule has 1 saturated heterocycles. The van der Waals surface area contributed by atoms with Gasteiger partial charge < -0.3 is 15.2 Å². The molecule has 1 aliphatic heterocycles. The number of hydrogen-bond donors (Lipinski definition) is 2. The normalized spacial score (nSPS) is 14.6. The highest BCUT2D eigenvalue weighted by Crippen LogP contribution is 2.27. The van der Waals surface area contributed by atoms with Gasteiger partial charge in [0.15, 0.2) is 5.65 Å². The molecule has 6 nitrogen and oxygen atoms in total. The molecular weight excluding hydrogens is 314 g/mol. The van der Waals surface area contributed by atoms with Crippen LogP contribution in [0.5, 0.6) is 0 Å². The number of anilines is 1. The monoisotopic (exact) mass is 331 g/mol. The Morgan fingerprint density at radius 1 is 1.04 bits per heavy atom. The molecule has 2 N–H and O–H groups in total. The van der Waals surface area contributed by atoms with Gasteiger partial charge in [0.2, 0.25) is 0 Å². The van der Waals surface area contributed by atoms with Crippen molar-refractivity contribution in [2.45, 2.75) is 12.8 Å². The zero-order valence-corrected chi connectivity index (χ0v) is 13.6. The maximum atomic E-state index is 12.3. The molecule has 0 spiro atoms. The minimum absolute atomic E-state index is 0.0341. The summed E-state index contributed by atoms with van der Waals surface area (Å²) in [6, 6.07) is 13.6. The summed E-state index contributed by atoms with van der Waals surface area (Å²) in [5.74, 6) is 0. The highest BCUT2D eigenvalue weighted by molar-refractivity contribution is 6.07. The van der Waals surface area contributed by atoms with Crippen molar-refractivity contribution >= 4 is 44.8 Å². The second-order valence-corrected chi connectivity index (χ2v) is 6.42. The molecule has 3 heterocycles. The molecule has 1 aliphatic rings. The van der Waals surface area contributed by atoms with E-state index in [1.165, 1.54) is 0 Å². The summed E-state index contributed by atoms with van der Waals surface area (Å²) >= 11 is 0. The maximum absolute atomic E-state index is 12.3. The topological polar surface area (TPSA) is 73.9 Å². The van der Waals surface area contributed by atoms with Crippen molar-refractivity contribution in [2.24, 2.45) is 0 Å². The number of nitrogens with zero attached hydrogens (tertiary/aromatic N) is 3. The Hall–Kier alpha value is -3.15. The van der Waals surface area contributed by atoms with E-state index < -0.39 is 0 Å². The van der Waals surface area contributed by atoms with Crippen molar-refractivity contribution in [2.75, 3.05) is 18.4 Å². The summed E-state index contributed by atoms with van der Waals surface area (Å²) in [4.78, 5) is 26.9. The highest BCUT2D eigenvalue weighted by Gasteiger charge is 2.18. The number of aromatic nitrogens is 3. The number of para-hydroxylation sites is 2. The number of nitrogens with one attached hydrogen (secondary N) is 2. The van der Waals surface area contributed by atoms with Crippen LogP contribution in [0.1, 0.15) is 12.8 Å². The van der Waals surface area contributed by atoms with Gasteiger partial charge >= 0.3 is 6.03 Å². The van der Waals surface area contributed by atoms with Gasteiger partial charge in [0.05, 0.1) is 11.0 Å². The van der Waals surface area contributed by atoms with Crippen molar-refractivity contribution in [1.82, 2.24) is 19.9 Å². The Kier molecular flexibility index (Phi) is 3.09. The molecule has 4 aromatic rings. The van der Waals surface area contributed by atoms with Crippen LogP contribution in [0.25, 0.3) is 33.1 Å². The van der Waals surface area contributed by atoms with Crippen molar-refractivity contribution in [3.05, 3.63) is 42.5 Å². The van der Waals surface area contributed by atoms with Gasteiger partial charge in [-0.05, 0) is 43.2 Å². The molecule has 0 unspecified atom stereocenters. The number of carbonyl (C=O) groups is 1. The fourth-order valence-electron chi connectivity index (χ4n) is 3.45. The maximum Gasteiger partial charge on any atom is 0.321 e. The van der Waals surface area contributed by atoms with Crippen LogP contribution in [0.2, 0.25) is 0 Å². The number of likely N-dealkylation sites (tertiary alicyclic amines) is 1. The predicted molar refractivity (Wildman–Crippen MR) is 98.7 cm³/mol. The lowest BCUT2D eigenvalue weighted by atomic mass is 10.2. The number of fused-ring (bicyclic) bond motifs is 4. The summed E-state index contributed by atoms with van der Waals surface area (Å²) in [5, 5.41) is 3.96. The average molecular weight is 331 g/mol. The highest BCUT2D eigenvalue weighted by atomic mass is 16.2.